The Morgan fingerprint density at radius 3 is 2.60 bits per heavy atom. The van der Waals surface area contributed by atoms with Crippen LogP contribution < -0.4 is 10.1 Å². The number of nitrogens with one attached hydrogen (secondary N) is 1. The van der Waals surface area contributed by atoms with Gasteiger partial charge in [0.1, 0.15) is 24.7 Å². The molecular weight excluding hydrogens is 867 g/mol. The maximum atomic E-state index is 15.2. The molecule has 0 bridgehead atoms. The largest absolute Gasteiger partial charge is 2.00 e. The van der Waals surface area contributed by atoms with Crippen molar-refractivity contribution in [2.24, 2.45) is 0 Å². The Labute approximate surface area is 306 Å². The predicted octanol–water partition coefficient (Wildman–Crippen LogP) is 4.53. The fourth-order valence-electron chi connectivity index (χ4n) is 5.06. The molecule has 5 rings (SSSR count). The third kappa shape index (κ3) is 8.68. The molecule has 1 atom stereocenters. The van der Waals surface area contributed by atoms with Crippen LogP contribution in [0, 0.1) is 51.3 Å². The molecule has 0 saturated heterocycles. The van der Waals surface area contributed by atoms with Crippen molar-refractivity contribution in [3.8, 4) is 11.4 Å². The third-order valence-corrected chi connectivity index (χ3v) is 7.81. The summed E-state index contributed by atoms with van der Waals surface area (Å²) in [5.41, 5.74) is 2.00. The first-order valence-electron chi connectivity index (χ1n) is 14.2. The zero-order chi connectivity index (χ0) is 32.8. The Kier molecular flexibility index (Phi) is 13.9. The van der Waals surface area contributed by atoms with E-state index in [1.54, 1.807) is 12.1 Å². The van der Waals surface area contributed by atoms with E-state index < -0.39 is 29.6 Å². The molecule has 2 amide bonds. The van der Waals surface area contributed by atoms with E-state index in [0.29, 0.717) is 43.1 Å². The van der Waals surface area contributed by atoms with Crippen molar-refractivity contribution in [3.63, 3.8) is 0 Å². The molecule has 48 heavy (non-hydrogen) atoms. The van der Waals surface area contributed by atoms with Gasteiger partial charge in [-0.3, -0.25) is 9.59 Å². The average molecular weight is 900 g/mol. The van der Waals surface area contributed by atoms with Gasteiger partial charge in [-0.1, -0.05) is 23.7 Å². The van der Waals surface area contributed by atoms with E-state index in [1.807, 2.05) is 18.0 Å². The topological polar surface area (TPSA) is 143 Å². The Morgan fingerprint density at radius 1 is 1.19 bits per heavy atom. The number of fused-ring (bicyclic) bond motifs is 1. The number of anilines is 1. The fraction of sp³-hybridized carbons (Fsp3) is 0.212. The number of benzene rings is 3. The van der Waals surface area contributed by atoms with Gasteiger partial charge in [-0.05, 0) is 78.0 Å². The van der Waals surface area contributed by atoms with Gasteiger partial charge in [0.2, 0.25) is 5.91 Å². The Morgan fingerprint density at radius 2 is 1.94 bits per heavy atom. The normalized spacial score (nSPS) is 13.8. The number of carboxylic acids is 1. The zero-order valence-corrected chi connectivity index (χ0v) is 31.2. The number of tetrazole rings is 1. The number of ether oxygens (including phenoxy) is 1. The van der Waals surface area contributed by atoms with Crippen LogP contribution in [0.3, 0.4) is 0 Å². The zero-order valence-electron chi connectivity index (χ0n) is 26.3. The number of carbonyl (C=O) groups is 3. The number of carboxylic acid groups (broad SMARTS) is 1. The molecule has 0 saturated carbocycles. The van der Waals surface area contributed by atoms with E-state index >= 15 is 4.39 Å². The number of carbonyl (C=O) groups excluding carboxylic acids is 2. The van der Waals surface area contributed by atoms with Gasteiger partial charge in [0, 0.05) is 36.0 Å². The summed E-state index contributed by atoms with van der Waals surface area (Å²) in [6.07, 6.45) is 4.12. The van der Waals surface area contributed by atoms with Crippen LogP contribution in [0.15, 0.2) is 67.0 Å². The van der Waals surface area contributed by atoms with Crippen LogP contribution in [0.25, 0.3) is 11.8 Å². The SMILES string of the molecule is [CH2-]CN(C)CCOc1cccc2c1CCN(C(=O)/C=C/c1c(-n3cnnn3)ccc(Cl)c1F)C2C(=O)Nc1ccc(C(=O)O)cc1.[CH3-].[U+2]. The molecule has 4 aromatic rings. The first kappa shape index (κ1) is 38.4. The summed E-state index contributed by atoms with van der Waals surface area (Å²) in [7, 11) is 1.93. The summed E-state index contributed by atoms with van der Waals surface area (Å²) < 4.78 is 22.5. The number of halogens is 2. The Hall–Kier alpha value is -4.09. The third-order valence-electron chi connectivity index (χ3n) is 7.52. The minimum Gasteiger partial charge on any atom is -0.492 e. The molecule has 3 aromatic carbocycles. The minimum absolute atomic E-state index is 0. The first-order chi connectivity index (χ1) is 22.2. The fourth-order valence-corrected chi connectivity index (χ4v) is 5.22. The van der Waals surface area contributed by atoms with Gasteiger partial charge < -0.3 is 39.3 Å². The van der Waals surface area contributed by atoms with Crippen LogP contribution in [0.5, 0.6) is 5.75 Å². The molecule has 0 spiro atoms. The van der Waals surface area contributed by atoms with Gasteiger partial charge in [0.25, 0.3) is 5.91 Å². The van der Waals surface area contributed by atoms with E-state index in [-0.39, 0.29) is 66.9 Å². The first-order valence-corrected chi connectivity index (χ1v) is 14.6. The molecule has 1 aliphatic rings. The summed E-state index contributed by atoms with van der Waals surface area (Å²) in [6, 6.07) is 12.8. The predicted molar refractivity (Wildman–Crippen MR) is 175 cm³/mol. The molecule has 0 aliphatic carbocycles. The van der Waals surface area contributed by atoms with Crippen molar-refractivity contribution >= 4 is 41.1 Å². The molecule has 1 unspecified atom stereocenters. The van der Waals surface area contributed by atoms with Crippen molar-refractivity contribution < 1.29 is 59.7 Å². The summed E-state index contributed by atoms with van der Waals surface area (Å²) in [5, 5.41) is 22.9. The smallest absolute Gasteiger partial charge is 0.492 e. The number of nitrogens with zero attached hydrogens (tertiary/aromatic N) is 6. The number of hydrogen-bond donors (Lipinski definition) is 2. The molecule has 2 heterocycles. The van der Waals surface area contributed by atoms with Crippen LogP contribution in [0.1, 0.15) is 33.1 Å². The van der Waals surface area contributed by atoms with Crippen molar-refractivity contribution in [2.45, 2.75) is 12.5 Å². The summed E-state index contributed by atoms with van der Waals surface area (Å²) in [6.45, 7) is 5.68. The van der Waals surface area contributed by atoms with Crippen LogP contribution in [0.4, 0.5) is 10.1 Å². The quantitative estimate of drug-likeness (QED) is 0.164. The van der Waals surface area contributed by atoms with Crippen LogP contribution in [0.2, 0.25) is 5.02 Å². The minimum atomic E-state index is -1.10. The van der Waals surface area contributed by atoms with Crippen LogP contribution in [-0.2, 0) is 16.0 Å². The van der Waals surface area contributed by atoms with Crippen molar-refractivity contribution in [3.05, 3.63) is 114 Å². The molecule has 1 aliphatic heterocycles. The van der Waals surface area contributed by atoms with Crippen molar-refractivity contribution in [1.29, 1.82) is 0 Å². The van der Waals surface area contributed by atoms with Crippen LogP contribution >= 0.6 is 11.6 Å². The Bertz CT molecular complexity index is 1770. The van der Waals surface area contributed by atoms with E-state index in [0.717, 1.165) is 5.56 Å². The second kappa shape index (κ2) is 17.4. The number of hydrogen-bond acceptors (Lipinski definition) is 8. The second-order valence-corrected chi connectivity index (χ2v) is 10.8. The van der Waals surface area contributed by atoms with E-state index in [2.05, 4.69) is 27.8 Å². The Balaban J connectivity index is 0.00000312. The number of likely N-dealkylation sites (N-methyl/N-ethyl adjacent to an activating group) is 1. The van der Waals surface area contributed by atoms with E-state index in [4.69, 9.17) is 16.3 Å². The summed E-state index contributed by atoms with van der Waals surface area (Å²) in [4.78, 5) is 42.4. The number of aromatic nitrogens is 4. The van der Waals surface area contributed by atoms with Gasteiger partial charge in [-0.25, -0.2) is 9.18 Å². The summed E-state index contributed by atoms with van der Waals surface area (Å²) >= 11 is 6.04. The van der Waals surface area contributed by atoms with Crippen molar-refractivity contribution in [1.82, 2.24) is 30.0 Å². The second-order valence-electron chi connectivity index (χ2n) is 10.4. The molecular formula is C33H33ClFN7O5U. The molecule has 15 heteroatoms. The number of amides is 2. The van der Waals surface area contributed by atoms with Gasteiger partial charge in [0.15, 0.2) is 5.82 Å². The van der Waals surface area contributed by atoms with Gasteiger partial charge >= 0.3 is 37.1 Å². The van der Waals surface area contributed by atoms with Gasteiger partial charge in [0.05, 0.1) is 16.3 Å². The van der Waals surface area contributed by atoms with E-state index in [9.17, 15) is 19.5 Å². The number of aromatic carboxylic acids is 1. The van der Waals surface area contributed by atoms with E-state index in [1.165, 1.54) is 64.5 Å². The maximum Gasteiger partial charge on any atom is 2.00 e. The van der Waals surface area contributed by atoms with Crippen LogP contribution in [-0.4, -0.2) is 86.2 Å². The molecule has 12 nitrogen and oxygen atoms in total. The average Bonchev–Trinajstić information content (AvgIpc) is 3.60. The standard InChI is InChI=1S/C32H30ClFN7O5.CH3.U/c1-3-39(2)17-18-46-27-6-4-5-23-22(27)15-16-40(30(23)31(43)36-21-9-7-20(8-10-21)32(44)45)28(42)14-11-24-26(41-19-35-37-38-41)13-12-25(33)29(24)34;;/h4-14,19,30H,1,3,15-18H2,2H3,(H,36,43)(H,44,45);1H3;/q2*-1;+2/b14-11+;;. The molecule has 2 N–H and O–H groups in total. The molecule has 0 fully saturated rings. The molecule has 248 valence electrons. The van der Waals surface area contributed by atoms with Crippen molar-refractivity contribution in [2.75, 3.05) is 38.6 Å². The molecule has 0 radical (unpaired) electrons. The number of rotatable bonds is 11. The maximum absolute atomic E-state index is 15.2. The van der Waals surface area contributed by atoms with Gasteiger partial charge in [-0.15, -0.1) is 11.6 Å². The monoisotopic (exact) mass is 899 g/mol. The summed E-state index contributed by atoms with van der Waals surface area (Å²) in [5.74, 6) is -2.35. The van der Waals surface area contributed by atoms with Gasteiger partial charge in [-0.2, -0.15) is 4.68 Å². The molecule has 1 aromatic heterocycles.